The highest BCUT2D eigenvalue weighted by Crippen LogP contribution is 2.33. The van der Waals surface area contributed by atoms with Gasteiger partial charge in [0.05, 0.1) is 6.10 Å². The molecule has 1 aromatic rings. The van der Waals surface area contributed by atoms with Crippen LogP contribution in [0.5, 0.6) is 0 Å². The van der Waals surface area contributed by atoms with Crippen LogP contribution in [-0.2, 0) is 4.74 Å². The summed E-state index contributed by atoms with van der Waals surface area (Å²) in [5, 5.41) is 0. The molecule has 1 aliphatic heterocycles. The van der Waals surface area contributed by atoms with Gasteiger partial charge in [-0.3, -0.25) is 0 Å². The van der Waals surface area contributed by atoms with Crippen LogP contribution in [0.3, 0.4) is 0 Å². The van der Waals surface area contributed by atoms with Crippen LogP contribution in [0, 0.1) is 5.92 Å². The summed E-state index contributed by atoms with van der Waals surface area (Å²) in [6.45, 7) is 3.09. The van der Waals surface area contributed by atoms with Gasteiger partial charge in [-0.25, -0.2) is 0 Å². The number of benzene rings is 1. The molecule has 82 valence electrons. The van der Waals surface area contributed by atoms with E-state index in [0.29, 0.717) is 23.8 Å². The lowest BCUT2D eigenvalue weighted by Gasteiger charge is -2.23. The minimum Gasteiger partial charge on any atom is -0.377 e. The number of ether oxygens (including phenoxy) is 1. The number of rotatable bonds is 3. The maximum atomic E-state index is 5.95. The fourth-order valence-corrected chi connectivity index (χ4v) is 2.65. The van der Waals surface area contributed by atoms with Crippen LogP contribution in [0.25, 0.3) is 0 Å². The van der Waals surface area contributed by atoms with Gasteiger partial charge in [0.2, 0.25) is 0 Å². The number of halogens is 1. The summed E-state index contributed by atoms with van der Waals surface area (Å²) in [4.78, 5) is 0. The van der Waals surface area contributed by atoms with Crippen molar-refractivity contribution in [2.45, 2.75) is 25.4 Å². The molecule has 1 fully saturated rings. The number of hydrogen-bond acceptors (Lipinski definition) is 1. The number of alkyl halides is 1. The predicted molar refractivity (Wildman–Crippen MR) is 63.4 cm³/mol. The topological polar surface area (TPSA) is 9.23 Å². The van der Waals surface area contributed by atoms with Crippen molar-refractivity contribution >= 4 is 11.6 Å². The van der Waals surface area contributed by atoms with Gasteiger partial charge in [0, 0.05) is 24.3 Å². The Morgan fingerprint density at radius 1 is 1.40 bits per heavy atom. The summed E-state index contributed by atoms with van der Waals surface area (Å²) in [7, 11) is 0. The molecule has 0 radical (unpaired) electrons. The Labute approximate surface area is 96.4 Å². The van der Waals surface area contributed by atoms with Crippen molar-refractivity contribution in [2.24, 2.45) is 5.92 Å². The van der Waals surface area contributed by atoms with Crippen LogP contribution in [0.15, 0.2) is 30.3 Å². The molecule has 0 aliphatic carbocycles. The second-order valence-electron chi connectivity index (χ2n) is 4.24. The molecule has 0 aromatic heterocycles. The first kappa shape index (κ1) is 11.0. The van der Waals surface area contributed by atoms with Crippen molar-refractivity contribution in [1.29, 1.82) is 0 Å². The fourth-order valence-electron chi connectivity index (χ4n) is 2.32. The van der Waals surface area contributed by atoms with E-state index in [4.69, 9.17) is 16.3 Å². The SMILES string of the molecule is CC(c1ccccc1)C1OCCC1CCl. The summed E-state index contributed by atoms with van der Waals surface area (Å²) < 4.78 is 5.79. The van der Waals surface area contributed by atoms with Gasteiger partial charge in [0.25, 0.3) is 0 Å². The van der Waals surface area contributed by atoms with Gasteiger partial charge in [-0.1, -0.05) is 37.3 Å². The summed E-state index contributed by atoms with van der Waals surface area (Å²) in [5.41, 5.74) is 1.35. The van der Waals surface area contributed by atoms with Crippen molar-refractivity contribution in [1.82, 2.24) is 0 Å². The van der Waals surface area contributed by atoms with Crippen molar-refractivity contribution in [3.63, 3.8) is 0 Å². The molecule has 1 heterocycles. The van der Waals surface area contributed by atoms with Gasteiger partial charge in [-0.15, -0.1) is 11.6 Å². The van der Waals surface area contributed by atoms with Crippen molar-refractivity contribution < 1.29 is 4.74 Å². The lowest BCUT2D eigenvalue weighted by molar-refractivity contribution is 0.0763. The third kappa shape index (κ3) is 2.35. The van der Waals surface area contributed by atoms with E-state index in [2.05, 4.69) is 31.2 Å². The first-order valence-corrected chi connectivity index (χ1v) is 6.09. The third-order valence-electron chi connectivity index (χ3n) is 3.28. The molecule has 3 atom stereocenters. The van der Waals surface area contributed by atoms with Crippen molar-refractivity contribution in [3.8, 4) is 0 Å². The molecule has 1 aromatic carbocycles. The van der Waals surface area contributed by atoms with Gasteiger partial charge >= 0.3 is 0 Å². The number of hydrogen-bond donors (Lipinski definition) is 0. The highest BCUT2D eigenvalue weighted by molar-refractivity contribution is 6.18. The molecule has 2 heteroatoms. The average molecular weight is 225 g/mol. The summed E-state index contributed by atoms with van der Waals surface area (Å²) in [6, 6.07) is 10.5. The van der Waals surface area contributed by atoms with Gasteiger partial charge in [-0.2, -0.15) is 0 Å². The maximum absolute atomic E-state index is 5.95. The molecule has 0 spiro atoms. The Hall–Kier alpha value is -0.530. The van der Waals surface area contributed by atoms with Crippen LogP contribution in [0.1, 0.15) is 24.8 Å². The molecule has 0 N–H and O–H groups in total. The Balaban J connectivity index is 2.10. The fraction of sp³-hybridized carbons (Fsp3) is 0.538. The van der Waals surface area contributed by atoms with Crippen LogP contribution in [0.4, 0.5) is 0 Å². The second kappa shape index (κ2) is 5.00. The Kier molecular flexibility index (Phi) is 3.66. The van der Waals surface area contributed by atoms with E-state index in [-0.39, 0.29) is 0 Å². The lowest BCUT2D eigenvalue weighted by Crippen LogP contribution is -2.23. The zero-order chi connectivity index (χ0) is 10.7. The van der Waals surface area contributed by atoms with E-state index in [1.807, 2.05) is 6.07 Å². The largest absolute Gasteiger partial charge is 0.377 e. The van der Waals surface area contributed by atoms with E-state index < -0.39 is 0 Å². The van der Waals surface area contributed by atoms with Gasteiger partial charge in [0.1, 0.15) is 0 Å². The zero-order valence-electron chi connectivity index (χ0n) is 9.03. The summed E-state index contributed by atoms with van der Waals surface area (Å²) in [5.74, 6) is 1.67. The first-order chi connectivity index (χ1) is 7.33. The minimum atomic E-state index is 0.296. The average Bonchev–Trinajstić information content (AvgIpc) is 2.77. The standard InChI is InChI=1S/C13H17ClO/c1-10(11-5-3-2-4-6-11)13-12(9-14)7-8-15-13/h2-6,10,12-13H,7-9H2,1H3. The third-order valence-corrected chi connectivity index (χ3v) is 3.68. The normalized spacial score (nSPS) is 27.9. The molecule has 0 saturated carbocycles. The van der Waals surface area contributed by atoms with E-state index in [1.54, 1.807) is 0 Å². The van der Waals surface area contributed by atoms with E-state index in [0.717, 1.165) is 13.0 Å². The highest BCUT2D eigenvalue weighted by atomic mass is 35.5. The zero-order valence-corrected chi connectivity index (χ0v) is 9.78. The first-order valence-electron chi connectivity index (χ1n) is 5.55. The monoisotopic (exact) mass is 224 g/mol. The van der Waals surface area contributed by atoms with Crippen LogP contribution in [-0.4, -0.2) is 18.6 Å². The van der Waals surface area contributed by atoms with E-state index in [9.17, 15) is 0 Å². The molecule has 3 unspecified atom stereocenters. The van der Waals surface area contributed by atoms with Crippen molar-refractivity contribution in [3.05, 3.63) is 35.9 Å². The second-order valence-corrected chi connectivity index (χ2v) is 4.55. The molecular weight excluding hydrogens is 208 g/mol. The molecule has 1 saturated heterocycles. The molecule has 2 rings (SSSR count). The predicted octanol–water partition coefficient (Wildman–Crippen LogP) is 3.43. The van der Waals surface area contributed by atoms with Gasteiger partial charge in [-0.05, 0) is 12.0 Å². The van der Waals surface area contributed by atoms with Crippen LogP contribution < -0.4 is 0 Å². The van der Waals surface area contributed by atoms with Gasteiger partial charge < -0.3 is 4.74 Å². The molecule has 1 aliphatic rings. The van der Waals surface area contributed by atoms with Crippen LogP contribution in [0.2, 0.25) is 0 Å². The smallest absolute Gasteiger partial charge is 0.0681 e. The molecule has 1 nitrogen and oxygen atoms in total. The van der Waals surface area contributed by atoms with E-state index in [1.165, 1.54) is 5.56 Å². The highest BCUT2D eigenvalue weighted by Gasteiger charge is 2.32. The molecule has 0 amide bonds. The molecular formula is C13H17ClO. The minimum absolute atomic E-state index is 0.296. The van der Waals surface area contributed by atoms with Gasteiger partial charge in [0.15, 0.2) is 0 Å². The van der Waals surface area contributed by atoms with Crippen LogP contribution >= 0.6 is 11.6 Å². The Morgan fingerprint density at radius 3 is 2.80 bits per heavy atom. The van der Waals surface area contributed by atoms with Crippen molar-refractivity contribution in [2.75, 3.05) is 12.5 Å². The summed E-state index contributed by atoms with van der Waals surface area (Å²) >= 11 is 5.95. The molecule has 0 bridgehead atoms. The lowest BCUT2D eigenvalue weighted by atomic mass is 9.88. The Bertz CT molecular complexity index is 299. The maximum Gasteiger partial charge on any atom is 0.0681 e. The quantitative estimate of drug-likeness (QED) is 0.715. The van der Waals surface area contributed by atoms with E-state index >= 15 is 0 Å². The summed E-state index contributed by atoms with van der Waals surface area (Å²) in [6.07, 6.45) is 1.40. The Morgan fingerprint density at radius 2 is 2.13 bits per heavy atom. The molecule has 15 heavy (non-hydrogen) atoms.